The maximum atomic E-state index is 14.6. The summed E-state index contributed by atoms with van der Waals surface area (Å²) in [7, 11) is 1.42. The third-order valence-corrected chi connectivity index (χ3v) is 11.2. The van der Waals surface area contributed by atoms with E-state index < -0.39 is 52.6 Å². The Morgan fingerprint density at radius 2 is 1.76 bits per heavy atom. The number of methoxy groups -OCH3 is 1. The lowest BCUT2D eigenvalue weighted by Crippen LogP contribution is -2.48. The van der Waals surface area contributed by atoms with Gasteiger partial charge in [-0.3, -0.25) is 24.1 Å². The van der Waals surface area contributed by atoms with E-state index in [-0.39, 0.29) is 47.0 Å². The molecule has 4 aliphatic rings. The van der Waals surface area contributed by atoms with Crippen molar-refractivity contribution in [3.63, 3.8) is 0 Å². The van der Waals surface area contributed by atoms with Crippen molar-refractivity contribution >= 4 is 56.8 Å². The van der Waals surface area contributed by atoms with Crippen molar-refractivity contribution in [2.45, 2.75) is 32.2 Å². The van der Waals surface area contributed by atoms with E-state index in [0.29, 0.717) is 16.5 Å². The number of ether oxygens (including phenoxy) is 1. The number of phenols is 1. The van der Waals surface area contributed by atoms with E-state index in [2.05, 4.69) is 15.9 Å². The molecule has 8 nitrogen and oxygen atoms in total. The maximum absolute atomic E-state index is 14.6. The van der Waals surface area contributed by atoms with Gasteiger partial charge in [-0.05, 0) is 83.1 Å². The van der Waals surface area contributed by atoms with E-state index in [1.54, 1.807) is 19.1 Å². The number of halogens is 3. The number of imide groups is 2. The lowest BCUT2D eigenvalue weighted by atomic mass is 9.51. The number of carbonyl (C=O) groups is 4. The molecule has 0 spiro atoms. The van der Waals surface area contributed by atoms with Crippen molar-refractivity contribution in [3.05, 3.63) is 98.8 Å². The van der Waals surface area contributed by atoms with Crippen molar-refractivity contribution in [1.29, 1.82) is 0 Å². The number of hydrogen-bond acceptors (Lipinski definition) is 6. The number of amides is 4. The predicted octanol–water partition coefficient (Wildman–Crippen LogP) is 6.39. The van der Waals surface area contributed by atoms with Crippen molar-refractivity contribution in [1.82, 2.24) is 4.90 Å². The molecular formula is C35H29BrClFN2O6. The van der Waals surface area contributed by atoms with E-state index in [9.17, 15) is 28.7 Å². The Bertz CT molecular complexity index is 1870. The molecule has 3 aromatic carbocycles. The van der Waals surface area contributed by atoms with Crippen LogP contribution in [0.1, 0.15) is 36.8 Å². The molecule has 2 saturated heterocycles. The molecule has 1 N–H and O–H groups in total. The molecule has 2 aliphatic carbocycles. The Balaban J connectivity index is 1.36. The number of benzene rings is 3. The number of allylic oxidation sites excluding steroid dienone is 2. The molecule has 1 saturated carbocycles. The van der Waals surface area contributed by atoms with Crippen molar-refractivity contribution in [2.24, 2.45) is 29.1 Å². The highest BCUT2D eigenvalue weighted by atomic mass is 79.9. The van der Waals surface area contributed by atoms with Gasteiger partial charge in [0.25, 0.3) is 0 Å². The Morgan fingerprint density at radius 3 is 2.46 bits per heavy atom. The Hall–Kier alpha value is -4.02. The van der Waals surface area contributed by atoms with Crippen LogP contribution in [0.3, 0.4) is 0 Å². The first-order chi connectivity index (χ1) is 22.0. The van der Waals surface area contributed by atoms with Gasteiger partial charge in [0.15, 0.2) is 11.5 Å². The molecule has 0 radical (unpaired) electrons. The molecule has 3 fully saturated rings. The SMILES string of the molecule is COc1cc(C2C3=CCC4C(=O)N(Cc5ccccc5)C(=O)C4C3CC3C(=O)N(c4ccc(F)c(Cl)c4)C(=O)C32C)cc(Br)c1O. The Kier molecular flexibility index (Phi) is 7.36. The number of hydrogen-bond donors (Lipinski definition) is 1. The molecule has 46 heavy (non-hydrogen) atoms. The third-order valence-electron chi connectivity index (χ3n) is 10.3. The van der Waals surface area contributed by atoms with Crippen molar-refractivity contribution in [2.75, 3.05) is 12.0 Å². The maximum Gasteiger partial charge on any atom is 0.241 e. The predicted molar refractivity (Wildman–Crippen MR) is 170 cm³/mol. The molecule has 3 aromatic rings. The zero-order valence-electron chi connectivity index (χ0n) is 24.9. The number of likely N-dealkylation sites (tertiary alicyclic amines) is 1. The van der Waals surface area contributed by atoms with Crippen LogP contribution in [0.2, 0.25) is 5.02 Å². The second kappa shape index (κ2) is 11.1. The number of carbonyl (C=O) groups excluding carboxylic acids is 4. The largest absolute Gasteiger partial charge is 0.503 e. The first kappa shape index (κ1) is 30.6. The smallest absolute Gasteiger partial charge is 0.241 e. The fourth-order valence-corrected chi connectivity index (χ4v) is 8.80. The minimum atomic E-state index is -1.33. The normalized spacial score (nSPS) is 28.6. The van der Waals surface area contributed by atoms with Crippen LogP contribution in [-0.4, -0.2) is 40.7 Å². The van der Waals surface area contributed by atoms with E-state index in [1.807, 2.05) is 36.4 Å². The van der Waals surface area contributed by atoms with Gasteiger partial charge in [-0.25, -0.2) is 9.29 Å². The average Bonchev–Trinajstić information content (AvgIpc) is 3.39. The van der Waals surface area contributed by atoms with Gasteiger partial charge in [0.05, 0.1) is 52.0 Å². The van der Waals surface area contributed by atoms with E-state index in [0.717, 1.165) is 22.1 Å². The van der Waals surface area contributed by atoms with Gasteiger partial charge in [-0.2, -0.15) is 0 Å². The minimum absolute atomic E-state index is 0.123. The summed E-state index contributed by atoms with van der Waals surface area (Å²) in [5.41, 5.74) is 1.04. The fraction of sp³-hybridized carbons (Fsp3) is 0.314. The number of rotatable bonds is 5. The summed E-state index contributed by atoms with van der Waals surface area (Å²) in [6.45, 7) is 1.89. The fourth-order valence-electron chi connectivity index (χ4n) is 8.17. The molecule has 0 bridgehead atoms. The average molecular weight is 708 g/mol. The lowest BCUT2D eigenvalue weighted by molar-refractivity contribution is -0.141. The highest BCUT2D eigenvalue weighted by Crippen LogP contribution is 2.64. The van der Waals surface area contributed by atoms with Crippen LogP contribution in [0.25, 0.3) is 0 Å². The molecule has 7 rings (SSSR count). The van der Waals surface area contributed by atoms with E-state index in [4.69, 9.17) is 16.3 Å². The lowest BCUT2D eigenvalue weighted by Gasteiger charge is -2.49. The number of nitrogens with zero attached hydrogens (tertiary/aromatic N) is 2. The monoisotopic (exact) mass is 706 g/mol. The molecule has 4 amide bonds. The first-order valence-electron chi connectivity index (χ1n) is 15.0. The molecule has 2 aliphatic heterocycles. The zero-order valence-corrected chi connectivity index (χ0v) is 27.2. The molecule has 6 atom stereocenters. The van der Waals surface area contributed by atoms with Crippen molar-refractivity contribution in [3.8, 4) is 11.5 Å². The summed E-state index contributed by atoms with van der Waals surface area (Å²) in [6, 6.07) is 16.3. The number of aromatic hydroxyl groups is 1. The number of phenolic OH excluding ortho intramolecular Hbond substituents is 1. The zero-order chi connectivity index (χ0) is 32.7. The summed E-state index contributed by atoms with van der Waals surface area (Å²) in [5, 5.41) is 10.4. The Morgan fingerprint density at radius 1 is 1.02 bits per heavy atom. The first-order valence-corrected chi connectivity index (χ1v) is 16.1. The Labute approximate surface area is 277 Å². The summed E-state index contributed by atoms with van der Waals surface area (Å²) in [6.07, 6.45) is 2.43. The molecule has 6 unspecified atom stereocenters. The quantitative estimate of drug-likeness (QED) is 0.244. The van der Waals surface area contributed by atoms with Gasteiger partial charge in [0.2, 0.25) is 23.6 Å². The van der Waals surface area contributed by atoms with Gasteiger partial charge < -0.3 is 9.84 Å². The summed E-state index contributed by atoms with van der Waals surface area (Å²) < 4.78 is 19.9. The van der Waals surface area contributed by atoms with Crippen LogP contribution in [0.15, 0.2) is 76.8 Å². The van der Waals surface area contributed by atoms with E-state index >= 15 is 0 Å². The van der Waals surface area contributed by atoms with Gasteiger partial charge in [0.1, 0.15) is 5.82 Å². The standard InChI is InChI=1S/C35H29BrClFN2O6/c1-35-23(32(43)40(34(35)45)19-8-11-26(38)25(37)14-19)15-22-20(29(35)18-12-24(36)30(41)27(13-18)46-2)9-10-21-28(22)33(44)39(31(21)42)16-17-6-4-3-5-7-17/h3-9,11-14,21-23,28-29,41H,10,15-16H2,1-2H3. The summed E-state index contributed by atoms with van der Waals surface area (Å²) in [5.74, 6) is -5.54. The molecule has 236 valence electrons. The topological polar surface area (TPSA) is 104 Å². The summed E-state index contributed by atoms with van der Waals surface area (Å²) >= 11 is 9.48. The van der Waals surface area contributed by atoms with Crippen LogP contribution in [0.4, 0.5) is 10.1 Å². The van der Waals surface area contributed by atoms with Gasteiger partial charge >= 0.3 is 0 Å². The van der Waals surface area contributed by atoms with Gasteiger partial charge in [-0.15, -0.1) is 0 Å². The van der Waals surface area contributed by atoms with Crippen LogP contribution < -0.4 is 9.64 Å². The second-order valence-electron chi connectivity index (χ2n) is 12.6. The highest BCUT2D eigenvalue weighted by Gasteiger charge is 2.67. The second-order valence-corrected chi connectivity index (χ2v) is 13.8. The van der Waals surface area contributed by atoms with Crippen LogP contribution in [0.5, 0.6) is 11.5 Å². The number of fused-ring (bicyclic) bond motifs is 4. The molecule has 11 heteroatoms. The van der Waals surface area contributed by atoms with Gasteiger partial charge in [0, 0.05) is 5.92 Å². The van der Waals surface area contributed by atoms with Crippen molar-refractivity contribution < 1.29 is 33.4 Å². The summed E-state index contributed by atoms with van der Waals surface area (Å²) in [4.78, 5) is 59.1. The molecule has 2 heterocycles. The van der Waals surface area contributed by atoms with Crippen LogP contribution in [-0.2, 0) is 25.7 Å². The van der Waals surface area contributed by atoms with E-state index in [1.165, 1.54) is 24.1 Å². The van der Waals surface area contributed by atoms with Crippen LogP contribution in [0, 0.1) is 34.9 Å². The number of anilines is 1. The highest BCUT2D eigenvalue weighted by molar-refractivity contribution is 9.10. The third kappa shape index (κ3) is 4.36. The van der Waals surface area contributed by atoms with Gasteiger partial charge in [-0.1, -0.05) is 53.6 Å². The van der Waals surface area contributed by atoms with Crippen LogP contribution >= 0.6 is 27.5 Å². The molecular weight excluding hydrogens is 679 g/mol. The minimum Gasteiger partial charge on any atom is -0.503 e. The molecule has 0 aromatic heterocycles.